The number of carbonyl (C=O) groups is 2. The van der Waals surface area contributed by atoms with Crippen LogP contribution >= 0.6 is 0 Å². The molecule has 4 N–H and O–H groups in total. The van der Waals surface area contributed by atoms with Gasteiger partial charge in [-0.1, -0.05) is 20.8 Å². The number of amides is 1. The fourth-order valence-corrected chi connectivity index (χ4v) is 1.60. The predicted molar refractivity (Wildman–Crippen MR) is 69.6 cm³/mol. The number of carboxylic acid groups (broad SMARTS) is 1. The van der Waals surface area contributed by atoms with E-state index in [9.17, 15) is 9.59 Å². The fraction of sp³-hybridized carbons (Fsp3) is 0.583. The third kappa shape index (κ3) is 4.06. The molecule has 0 bridgehead atoms. The monoisotopic (exact) mass is 268 g/mol. The number of aliphatic carboxylic acids is 1. The average Bonchev–Trinajstić information content (AvgIpc) is 2.72. The maximum atomic E-state index is 11.9. The summed E-state index contributed by atoms with van der Waals surface area (Å²) in [6.45, 7) is 6.25. The van der Waals surface area contributed by atoms with Gasteiger partial charge in [0.25, 0.3) is 5.91 Å². The number of imidazole rings is 1. The highest BCUT2D eigenvalue weighted by atomic mass is 16.4. The van der Waals surface area contributed by atoms with Crippen LogP contribution in [0, 0.1) is 5.41 Å². The summed E-state index contributed by atoms with van der Waals surface area (Å²) in [4.78, 5) is 27.0. The second kappa shape index (κ2) is 5.83. The molecule has 0 radical (unpaired) electrons. The number of hydrogen-bond acceptors (Lipinski definition) is 4. The number of hydrogen-bond donors (Lipinski definition) is 3. The Morgan fingerprint density at radius 3 is 2.63 bits per heavy atom. The molecule has 7 heteroatoms. The molecule has 0 saturated carbocycles. The highest BCUT2D eigenvalue weighted by molar-refractivity contribution is 5.95. The first kappa shape index (κ1) is 15.2. The summed E-state index contributed by atoms with van der Waals surface area (Å²) < 4.78 is 1.68. The van der Waals surface area contributed by atoms with Crippen LogP contribution in [0.4, 0.5) is 0 Å². The smallest absolute Gasteiger partial charge is 0.326 e. The normalized spacial score (nSPS) is 13.1. The van der Waals surface area contributed by atoms with Crippen LogP contribution in [-0.4, -0.2) is 39.1 Å². The van der Waals surface area contributed by atoms with Crippen molar-refractivity contribution in [2.45, 2.75) is 33.4 Å². The molecule has 0 saturated heterocycles. The SMILES string of the molecule is CC(C)(C)C(NC(=O)c1cn(CCN)cn1)C(=O)O. The van der Waals surface area contributed by atoms with Crippen LogP contribution in [0.15, 0.2) is 12.5 Å². The highest BCUT2D eigenvalue weighted by Gasteiger charge is 2.33. The number of carboxylic acids is 1. The predicted octanol–water partition coefficient (Wildman–Crippen LogP) is 0.0709. The summed E-state index contributed by atoms with van der Waals surface area (Å²) >= 11 is 0. The minimum atomic E-state index is -1.07. The zero-order chi connectivity index (χ0) is 14.6. The number of nitrogens with two attached hydrogens (primary N) is 1. The van der Waals surface area contributed by atoms with E-state index in [1.165, 1.54) is 6.33 Å². The van der Waals surface area contributed by atoms with Crippen LogP contribution in [0.5, 0.6) is 0 Å². The Morgan fingerprint density at radius 2 is 2.16 bits per heavy atom. The van der Waals surface area contributed by atoms with E-state index >= 15 is 0 Å². The number of nitrogens with one attached hydrogen (secondary N) is 1. The Kier molecular flexibility index (Phi) is 4.66. The molecule has 0 aliphatic rings. The second-order valence-electron chi connectivity index (χ2n) is 5.40. The van der Waals surface area contributed by atoms with Crippen molar-refractivity contribution in [1.29, 1.82) is 0 Å². The Balaban J connectivity index is 2.79. The van der Waals surface area contributed by atoms with Gasteiger partial charge in [0.2, 0.25) is 0 Å². The minimum Gasteiger partial charge on any atom is -0.480 e. The van der Waals surface area contributed by atoms with Gasteiger partial charge in [-0.05, 0) is 5.41 Å². The van der Waals surface area contributed by atoms with E-state index < -0.39 is 23.3 Å². The molecule has 1 aromatic rings. The lowest BCUT2D eigenvalue weighted by atomic mass is 9.87. The maximum Gasteiger partial charge on any atom is 0.326 e. The number of aromatic nitrogens is 2. The Labute approximate surface area is 111 Å². The van der Waals surface area contributed by atoms with E-state index in [-0.39, 0.29) is 5.69 Å². The Bertz CT molecular complexity index is 462. The zero-order valence-electron chi connectivity index (χ0n) is 11.4. The molecule has 0 spiro atoms. The fourth-order valence-electron chi connectivity index (χ4n) is 1.60. The second-order valence-corrected chi connectivity index (χ2v) is 5.40. The van der Waals surface area contributed by atoms with Gasteiger partial charge in [0.1, 0.15) is 11.7 Å². The first-order valence-electron chi connectivity index (χ1n) is 6.01. The van der Waals surface area contributed by atoms with Gasteiger partial charge in [-0.3, -0.25) is 4.79 Å². The van der Waals surface area contributed by atoms with Crippen LogP contribution < -0.4 is 11.1 Å². The van der Waals surface area contributed by atoms with E-state index in [0.717, 1.165) is 0 Å². The molecule has 1 amide bonds. The van der Waals surface area contributed by atoms with Gasteiger partial charge in [-0.25, -0.2) is 9.78 Å². The Hall–Kier alpha value is -1.89. The average molecular weight is 268 g/mol. The van der Waals surface area contributed by atoms with E-state index in [1.54, 1.807) is 31.5 Å². The summed E-state index contributed by atoms with van der Waals surface area (Å²) in [6, 6.07) is -0.973. The third-order valence-electron chi connectivity index (χ3n) is 2.64. The van der Waals surface area contributed by atoms with Crippen molar-refractivity contribution in [3.8, 4) is 0 Å². The molecule has 106 valence electrons. The van der Waals surface area contributed by atoms with Crippen LogP contribution in [0.25, 0.3) is 0 Å². The molecule has 0 fully saturated rings. The topological polar surface area (TPSA) is 110 Å². The van der Waals surface area contributed by atoms with Crippen LogP contribution in [0.2, 0.25) is 0 Å². The summed E-state index contributed by atoms with van der Waals surface area (Å²) in [6.07, 6.45) is 3.04. The van der Waals surface area contributed by atoms with Crippen molar-refractivity contribution >= 4 is 11.9 Å². The molecular formula is C12H20N4O3. The molecule has 1 aromatic heterocycles. The van der Waals surface area contributed by atoms with Crippen molar-refractivity contribution < 1.29 is 14.7 Å². The Morgan fingerprint density at radius 1 is 1.53 bits per heavy atom. The van der Waals surface area contributed by atoms with Crippen molar-refractivity contribution in [3.05, 3.63) is 18.2 Å². The lowest BCUT2D eigenvalue weighted by Crippen LogP contribution is -2.49. The van der Waals surface area contributed by atoms with Gasteiger partial charge in [-0.2, -0.15) is 0 Å². The first-order valence-corrected chi connectivity index (χ1v) is 6.01. The lowest BCUT2D eigenvalue weighted by Gasteiger charge is -2.27. The largest absolute Gasteiger partial charge is 0.480 e. The van der Waals surface area contributed by atoms with Crippen molar-refractivity contribution in [2.24, 2.45) is 11.1 Å². The molecule has 7 nitrogen and oxygen atoms in total. The summed E-state index contributed by atoms with van der Waals surface area (Å²) in [7, 11) is 0. The van der Waals surface area contributed by atoms with Gasteiger partial charge in [0, 0.05) is 19.3 Å². The van der Waals surface area contributed by atoms with Gasteiger partial charge in [-0.15, -0.1) is 0 Å². The number of nitrogens with zero attached hydrogens (tertiary/aromatic N) is 2. The maximum absolute atomic E-state index is 11.9. The van der Waals surface area contributed by atoms with Crippen molar-refractivity contribution in [3.63, 3.8) is 0 Å². The third-order valence-corrected chi connectivity index (χ3v) is 2.64. The van der Waals surface area contributed by atoms with E-state index in [1.807, 2.05) is 0 Å². The van der Waals surface area contributed by atoms with Crippen LogP contribution in [0.1, 0.15) is 31.3 Å². The van der Waals surface area contributed by atoms with Crippen molar-refractivity contribution in [1.82, 2.24) is 14.9 Å². The minimum absolute atomic E-state index is 0.184. The molecule has 0 aliphatic heterocycles. The van der Waals surface area contributed by atoms with E-state index in [4.69, 9.17) is 10.8 Å². The van der Waals surface area contributed by atoms with Crippen molar-refractivity contribution in [2.75, 3.05) is 6.54 Å². The molecule has 0 aliphatic carbocycles. The molecular weight excluding hydrogens is 248 g/mol. The van der Waals surface area contributed by atoms with Gasteiger partial charge in [0.15, 0.2) is 0 Å². The molecule has 1 heterocycles. The van der Waals surface area contributed by atoms with Crippen LogP contribution in [-0.2, 0) is 11.3 Å². The first-order chi connectivity index (χ1) is 8.75. The molecule has 1 unspecified atom stereocenters. The zero-order valence-corrected chi connectivity index (χ0v) is 11.4. The summed E-state index contributed by atoms with van der Waals surface area (Å²) in [5.41, 5.74) is 5.00. The molecule has 1 rings (SSSR count). The van der Waals surface area contributed by atoms with Gasteiger partial charge in [0.05, 0.1) is 6.33 Å². The van der Waals surface area contributed by atoms with Crippen LogP contribution in [0.3, 0.4) is 0 Å². The summed E-state index contributed by atoms with van der Waals surface area (Å²) in [5.74, 6) is -1.57. The van der Waals surface area contributed by atoms with E-state index in [0.29, 0.717) is 13.1 Å². The summed E-state index contributed by atoms with van der Waals surface area (Å²) in [5, 5.41) is 11.6. The quantitative estimate of drug-likeness (QED) is 0.700. The van der Waals surface area contributed by atoms with Gasteiger partial charge >= 0.3 is 5.97 Å². The standard InChI is InChI=1S/C12H20N4O3/c1-12(2,3)9(11(18)19)15-10(17)8-6-16(5-4-13)7-14-8/h6-7,9H,4-5,13H2,1-3H3,(H,15,17)(H,18,19). The highest BCUT2D eigenvalue weighted by Crippen LogP contribution is 2.19. The number of carbonyl (C=O) groups excluding carboxylic acids is 1. The molecule has 1 atom stereocenters. The lowest BCUT2D eigenvalue weighted by molar-refractivity contribution is -0.142. The van der Waals surface area contributed by atoms with E-state index in [2.05, 4.69) is 10.3 Å². The molecule has 0 aromatic carbocycles. The molecule has 19 heavy (non-hydrogen) atoms. The number of rotatable bonds is 5. The van der Waals surface area contributed by atoms with Gasteiger partial charge < -0.3 is 20.7 Å².